The van der Waals surface area contributed by atoms with Crippen molar-refractivity contribution in [2.75, 3.05) is 13.1 Å². The van der Waals surface area contributed by atoms with Crippen LogP contribution in [0.15, 0.2) is 22.7 Å². The highest BCUT2D eigenvalue weighted by Gasteiger charge is 2.22. The van der Waals surface area contributed by atoms with Crippen LogP contribution < -0.4 is 0 Å². The van der Waals surface area contributed by atoms with Gasteiger partial charge >= 0.3 is 0 Å². The number of piperidine rings is 1. The lowest BCUT2D eigenvalue weighted by atomic mass is 9.94. The van der Waals surface area contributed by atoms with E-state index < -0.39 is 0 Å². The maximum absolute atomic E-state index is 12.3. The van der Waals surface area contributed by atoms with Crippen molar-refractivity contribution in [1.29, 1.82) is 0 Å². The molecule has 1 fully saturated rings. The van der Waals surface area contributed by atoms with Crippen molar-refractivity contribution >= 4 is 33.4 Å². The third-order valence-electron chi connectivity index (χ3n) is 3.59. The molecule has 1 aromatic carbocycles. The van der Waals surface area contributed by atoms with Crippen molar-refractivity contribution in [1.82, 2.24) is 4.90 Å². The van der Waals surface area contributed by atoms with Gasteiger partial charge < -0.3 is 4.90 Å². The van der Waals surface area contributed by atoms with Crippen molar-refractivity contribution in [2.24, 2.45) is 5.92 Å². The molecule has 0 aromatic heterocycles. The Hall–Kier alpha value is -0.540. The summed E-state index contributed by atoms with van der Waals surface area (Å²) in [5.74, 6) is 0.868. The molecule has 18 heavy (non-hydrogen) atoms. The minimum atomic E-state index is 0.0905. The largest absolute Gasteiger partial charge is 0.339 e. The molecular weight excluding hydrogens is 314 g/mol. The van der Waals surface area contributed by atoms with E-state index in [9.17, 15) is 4.79 Å². The van der Waals surface area contributed by atoms with Gasteiger partial charge in [-0.2, -0.15) is 0 Å². The summed E-state index contributed by atoms with van der Waals surface area (Å²) in [5.41, 5.74) is 0.671. The Kier molecular flexibility index (Phi) is 4.68. The standard InChI is InChI=1S/C14H17BrClNO/c1-2-10-3-5-17(6-4-10)14(18)11-7-12(15)9-13(16)8-11/h7-10H,2-6H2,1H3. The number of amides is 1. The van der Waals surface area contributed by atoms with Gasteiger partial charge in [-0.05, 0) is 37.0 Å². The third kappa shape index (κ3) is 3.27. The molecule has 1 aliphatic heterocycles. The Balaban J connectivity index is 2.07. The number of carbonyl (C=O) groups excluding carboxylic acids is 1. The SMILES string of the molecule is CCC1CCN(C(=O)c2cc(Cl)cc(Br)c2)CC1. The summed E-state index contributed by atoms with van der Waals surface area (Å²) < 4.78 is 0.849. The monoisotopic (exact) mass is 329 g/mol. The fourth-order valence-electron chi connectivity index (χ4n) is 2.40. The molecule has 1 aromatic rings. The van der Waals surface area contributed by atoms with E-state index >= 15 is 0 Å². The zero-order valence-electron chi connectivity index (χ0n) is 10.5. The lowest BCUT2D eigenvalue weighted by molar-refractivity contribution is 0.0688. The van der Waals surface area contributed by atoms with Crippen molar-refractivity contribution < 1.29 is 4.79 Å². The van der Waals surface area contributed by atoms with Crippen molar-refractivity contribution in [3.05, 3.63) is 33.3 Å². The second-order valence-electron chi connectivity index (χ2n) is 4.80. The van der Waals surface area contributed by atoms with E-state index in [-0.39, 0.29) is 5.91 Å². The number of benzene rings is 1. The smallest absolute Gasteiger partial charge is 0.253 e. The highest BCUT2D eigenvalue weighted by molar-refractivity contribution is 9.10. The summed E-state index contributed by atoms with van der Waals surface area (Å²) in [4.78, 5) is 14.3. The molecule has 0 atom stereocenters. The molecule has 2 nitrogen and oxygen atoms in total. The van der Waals surface area contributed by atoms with Crippen LogP contribution in [-0.2, 0) is 0 Å². The van der Waals surface area contributed by atoms with E-state index in [1.807, 2.05) is 11.0 Å². The zero-order chi connectivity index (χ0) is 13.1. The van der Waals surface area contributed by atoms with E-state index in [4.69, 9.17) is 11.6 Å². The van der Waals surface area contributed by atoms with Crippen LogP contribution in [0.4, 0.5) is 0 Å². The Morgan fingerprint density at radius 2 is 2.06 bits per heavy atom. The number of rotatable bonds is 2. The van der Waals surface area contributed by atoms with Gasteiger partial charge in [-0.15, -0.1) is 0 Å². The summed E-state index contributed by atoms with van der Waals surface area (Å²) in [5, 5.41) is 0.594. The molecule has 4 heteroatoms. The van der Waals surface area contributed by atoms with Crippen LogP contribution in [0.3, 0.4) is 0 Å². The molecule has 0 bridgehead atoms. The molecule has 0 saturated carbocycles. The van der Waals surface area contributed by atoms with Gasteiger partial charge in [-0.3, -0.25) is 4.79 Å². The molecule has 0 radical (unpaired) electrons. The van der Waals surface area contributed by atoms with Crippen molar-refractivity contribution in [2.45, 2.75) is 26.2 Å². The van der Waals surface area contributed by atoms with Crippen LogP contribution in [0.2, 0.25) is 5.02 Å². The molecule has 0 unspecified atom stereocenters. The first kappa shape index (κ1) is 13.9. The molecule has 2 rings (SSSR count). The van der Waals surface area contributed by atoms with Gasteiger partial charge in [0.25, 0.3) is 5.91 Å². The van der Waals surface area contributed by atoms with Gasteiger partial charge in [0.05, 0.1) is 0 Å². The summed E-state index contributed by atoms with van der Waals surface area (Å²) in [7, 11) is 0. The molecule has 0 N–H and O–H groups in total. The van der Waals surface area contributed by atoms with E-state index in [1.54, 1.807) is 12.1 Å². The Labute approximate surface area is 121 Å². The summed E-state index contributed by atoms with van der Waals surface area (Å²) in [6.07, 6.45) is 3.44. The fourth-order valence-corrected chi connectivity index (χ4v) is 3.26. The number of halogens is 2. The first-order valence-corrected chi connectivity index (χ1v) is 7.52. The minimum absolute atomic E-state index is 0.0905. The second-order valence-corrected chi connectivity index (χ2v) is 6.15. The van der Waals surface area contributed by atoms with E-state index in [0.29, 0.717) is 10.6 Å². The lowest BCUT2D eigenvalue weighted by Gasteiger charge is -2.31. The summed E-state index contributed by atoms with van der Waals surface area (Å²) in [6.45, 7) is 3.94. The van der Waals surface area contributed by atoms with E-state index in [2.05, 4.69) is 22.9 Å². The molecule has 0 aliphatic carbocycles. The predicted molar refractivity (Wildman–Crippen MR) is 78.1 cm³/mol. The van der Waals surface area contributed by atoms with Crippen LogP contribution >= 0.6 is 27.5 Å². The van der Waals surface area contributed by atoms with E-state index in [1.165, 1.54) is 6.42 Å². The highest BCUT2D eigenvalue weighted by atomic mass is 79.9. The van der Waals surface area contributed by atoms with Gasteiger partial charge in [0, 0.05) is 28.1 Å². The molecule has 1 saturated heterocycles. The number of carbonyl (C=O) groups is 1. The van der Waals surface area contributed by atoms with Gasteiger partial charge in [0.15, 0.2) is 0 Å². The third-order valence-corrected chi connectivity index (χ3v) is 4.26. The molecule has 1 heterocycles. The van der Waals surface area contributed by atoms with Crippen LogP contribution in [-0.4, -0.2) is 23.9 Å². The highest BCUT2D eigenvalue weighted by Crippen LogP contribution is 2.24. The quantitative estimate of drug-likeness (QED) is 0.788. The zero-order valence-corrected chi connectivity index (χ0v) is 12.8. The normalized spacial score (nSPS) is 16.9. The molecule has 1 aliphatic rings. The topological polar surface area (TPSA) is 20.3 Å². The van der Waals surface area contributed by atoms with Gasteiger partial charge in [-0.1, -0.05) is 40.9 Å². The molecule has 98 valence electrons. The predicted octanol–water partition coefficient (Wildman–Crippen LogP) is 4.36. The average Bonchev–Trinajstić information content (AvgIpc) is 2.37. The summed E-state index contributed by atoms with van der Waals surface area (Å²) in [6, 6.07) is 5.36. The number of hydrogen-bond donors (Lipinski definition) is 0. The first-order chi connectivity index (χ1) is 8.60. The minimum Gasteiger partial charge on any atom is -0.339 e. The van der Waals surface area contributed by atoms with Crippen LogP contribution in [0.5, 0.6) is 0 Å². The van der Waals surface area contributed by atoms with E-state index in [0.717, 1.165) is 36.3 Å². The molecule has 0 spiro atoms. The van der Waals surface area contributed by atoms with Crippen molar-refractivity contribution in [3.8, 4) is 0 Å². The Bertz CT molecular complexity index is 421. The Morgan fingerprint density at radius 3 is 2.61 bits per heavy atom. The fraction of sp³-hybridized carbons (Fsp3) is 0.500. The van der Waals surface area contributed by atoms with Gasteiger partial charge in [0.2, 0.25) is 0 Å². The number of likely N-dealkylation sites (tertiary alicyclic amines) is 1. The maximum Gasteiger partial charge on any atom is 0.253 e. The van der Waals surface area contributed by atoms with Crippen molar-refractivity contribution in [3.63, 3.8) is 0 Å². The first-order valence-electron chi connectivity index (χ1n) is 6.35. The van der Waals surface area contributed by atoms with Gasteiger partial charge in [0.1, 0.15) is 0 Å². The maximum atomic E-state index is 12.3. The van der Waals surface area contributed by atoms with Crippen LogP contribution in [0.1, 0.15) is 36.5 Å². The van der Waals surface area contributed by atoms with Gasteiger partial charge in [-0.25, -0.2) is 0 Å². The van der Waals surface area contributed by atoms with Crippen LogP contribution in [0, 0.1) is 5.92 Å². The number of nitrogens with zero attached hydrogens (tertiary/aromatic N) is 1. The van der Waals surface area contributed by atoms with Crippen LogP contribution in [0.25, 0.3) is 0 Å². The Morgan fingerprint density at radius 1 is 1.39 bits per heavy atom. The molecular formula is C14H17BrClNO. The average molecular weight is 331 g/mol. The lowest BCUT2D eigenvalue weighted by Crippen LogP contribution is -2.38. The molecule has 1 amide bonds. The summed E-state index contributed by atoms with van der Waals surface area (Å²) >= 11 is 9.35. The number of hydrogen-bond acceptors (Lipinski definition) is 1. The second kappa shape index (κ2) is 6.07.